The Labute approximate surface area is 176 Å². The number of amides is 1. The molecule has 2 N–H and O–H groups in total. The quantitative estimate of drug-likeness (QED) is 0.559. The van der Waals surface area contributed by atoms with Gasteiger partial charge in [0.25, 0.3) is 5.91 Å². The number of sulfonamides is 1. The molecule has 11 heteroatoms. The highest BCUT2D eigenvalue weighted by Crippen LogP contribution is 2.22. The van der Waals surface area contributed by atoms with Crippen molar-refractivity contribution < 1.29 is 17.9 Å². The molecule has 1 atom stereocenters. The van der Waals surface area contributed by atoms with Crippen LogP contribution in [0.5, 0.6) is 0 Å². The Morgan fingerprint density at radius 3 is 2.97 bits per heavy atom. The van der Waals surface area contributed by atoms with E-state index in [9.17, 15) is 13.2 Å². The molecule has 0 spiro atoms. The van der Waals surface area contributed by atoms with Gasteiger partial charge in [-0.1, -0.05) is 13.0 Å². The van der Waals surface area contributed by atoms with E-state index in [1.54, 1.807) is 13.1 Å². The molecule has 10 nitrogen and oxygen atoms in total. The van der Waals surface area contributed by atoms with Crippen molar-refractivity contribution >= 4 is 21.7 Å². The summed E-state index contributed by atoms with van der Waals surface area (Å²) in [5.41, 5.74) is 1.92. The molecule has 0 saturated carbocycles. The number of anilines is 1. The van der Waals surface area contributed by atoms with E-state index in [2.05, 4.69) is 25.6 Å². The van der Waals surface area contributed by atoms with Crippen LogP contribution < -0.4 is 10.6 Å². The fourth-order valence-corrected chi connectivity index (χ4v) is 4.12. The standard InChI is InChI=1S/C19H26N6O4S/c1-3-25(30(2,27)28)9-5-8-21-17-11-20-10-15(23-17)19(26)24-16-13-29-12-14-6-4-7-22-18(14)16/h4,6-7,10-11,16H,3,5,8-9,12-13H2,1-2H3,(H,21,23)(H,24,26). The second-order valence-electron chi connectivity index (χ2n) is 6.91. The van der Waals surface area contributed by atoms with Crippen molar-refractivity contribution in [2.45, 2.75) is 26.0 Å². The van der Waals surface area contributed by atoms with Crippen LogP contribution in [0.4, 0.5) is 5.82 Å². The topological polar surface area (TPSA) is 126 Å². The van der Waals surface area contributed by atoms with Crippen molar-refractivity contribution in [1.82, 2.24) is 24.6 Å². The Morgan fingerprint density at radius 1 is 1.37 bits per heavy atom. The van der Waals surface area contributed by atoms with Crippen LogP contribution in [0.3, 0.4) is 0 Å². The smallest absolute Gasteiger partial charge is 0.272 e. The van der Waals surface area contributed by atoms with Crippen LogP contribution in [0.15, 0.2) is 30.7 Å². The van der Waals surface area contributed by atoms with Crippen molar-refractivity contribution in [2.75, 3.05) is 37.8 Å². The van der Waals surface area contributed by atoms with Crippen LogP contribution in [-0.2, 0) is 21.4 Å². The zero-order chi connectivity index (χ0) is 21.6. The van der Waals surface area contributed by atoms with Crippen LogP contribution in [0.2, 0.25) is 0 Å². The summed E-state index contributed by atoms with van der Waals surface area (Å²) in [4.78, 5) is 25.4. The molecule has 1 aliphatic heterocycles. The molecule has 2 aromatic rings. The van der Waals surface area contributed by atoms with Crippen LogP contribution in [0.25, 0.3) is 0 Å². The van der Waals surface area contributed by atoms with E-state index in [1.165, 1.54) is 23.0 Å². The summed E-state index contributed by atoms with van der Waals surface area (Å²) in [6.45, 7) is 3.95. The van der Waals surface area contributed by atoms with Gasteiger partial charge in [0.05, 0.1) is 43.6 Å². The number of aromatic nitrogens is 3. The van der Waals surface area contributed by atoms with Gasteiger partial charge in [-0.15, -0.1) is 0 Å². The minimum absolute atomic E-state index is 0.175. The van der Waals surface area contributed by atoms with Gasteiger partial charge in [0, 0.05) is 31.4 Å². The highest BCUT2D eigenvalue weighted by atomic mass is 32.2. The maximum absolute atomic E-state index is 12.6. The molecule has 0 saturated heterocycles. The number of nitrogens with zero attached hydrogens (tertiary/aromatic N) is 4. The number of hydrogen-bond acceptors (Lipinski definition) is 8. The van der Waals surface area contributed by atoms with Gasteiger partial charge in [-0.3, -0.25) is 14.8 Å². The van der Waals surface area contributed by atoms with Crippen LogP contribution in [0.1, 0.15) is 41.1 Å². The molecule has 1 aliphatic rings. The lowest BCUT2D eigenvalue weighted by Gasteiger charge is -2.25. The Hall–Kier alpha value is -2.63. The van der Waals surface area contributed by atoms with Crippen molar-refractivity contribution in [1.29, 1.82) is 0 Å². The molecule has 0 aromatic carbocycles. The first-order valence-corrected chi connectivity index (χ1v) is 11.6. The first-order chi connectivity index (χ1) is 14.4. The third-order valence-corrected chi connectivity index (χ3v) is 6.06. The maximum atomic E-state index is 12.6. The van der Waals surface area contributed by atoms with E-state index < -0.39 is 10.0 Å². The summed E-state index contributed by atoms with van der Waals surface area (Å²) in [5, 5.41) is 5.97. The summed E-state index contributed by atoms with van der Waals surface area (Å²) in [7, 11) is -3.20. The zero-order valence-electron chi connectivity index (χ0n) is 17.0. The Balaban J connectivity index is 1.56. The SMILES string of the molecule is CCN(CCCNc1cncc(C(=O)NC2COCc3cccnc32)n1)S(C)(=O)=O. The Kier molecular flexibility index (Phi) is 7.29. The van der Waals surface area contributed by atoms with Gasteiger partial charge >= 0.3 is 0 Å². The normalized spacial score (nSPS) is 16.2. The fourth-order valence-electron chi connectivity index (χ4n) is 3.19. The lowest BCUT2D eigenvalue weighted by Crippen LogP contribution is -2.35. The minimum Gasteiger partial charge on any atom is -0.374 e. The third kappa shape index (κ3) is 5.71. The number of ether oxygens (including phenoxy) is 1. The molecule has 30 heavy (non-hydrogen) atoms. The lowest BCUT2D eigenvalue weighted by molar-refractivity contribution is 0.0691. The van der Waals surface area contributed by atoms with E-state index in [0.29, 0.717) is 45.1 Å². The van der Waals surface area contributed by atoms with Crippen LogP contribution in [-0.4, -0.2) is 66.1 Å². The Morgan fingerprint density at radius 2 is 2.20 bits per heavy atom. The molecule has 0 fully saturated rings. The third-order valence-electron chi connectivity index (χ3n) is 4.68. The predicted octanol–water partition coefficient (Wildman–Crippen LogP) is 0.956. The molecule has 2 aromatic heterocycles. The first kappa shape index (κ1) is 22.1. The fraction of sp³-hybridized carbons (Fsp3) is 0.474. The average molecular weight is 435 g/mol. The number of pyridine rings is 1. The number of hydrogen-bond donors (Lipinski definition) is 2. The molecule has 0 aliphatic carbocycles. The molecule has 1 unspecified atom stereocenters. The van der Waals surface area contributed by atoms with Gasteiger partial charge in [-0.25, -0.2) is 17.7 Å². The van der Waals surface area contributed by atoms with Gasteiger partial charge < -0.3 is 15.4 Å². The van der Waals surface area contributed by atoms with Gasteiger partial charge in [0.15, 0.2) is 0 Å². The molecule has 1 amide bonds. The van der Waals surface area contributed by atoms with Gasteiger partial charge in [0.1, 0.15) is 11.5 Å². The second-order valence-corrected chi connectivity index (χ2v) is 8.90. The monoisotopic (exact) mass is 434 g/mol. The largest absolute Gasteiger partial charge is 0.374 e. The van der Waals surface area contributed by atoms with Crippen molar-refractivity contribution in [3.05, 3.63) is 47.7 Å². The van der Waals surface area contributed by atoms with E-state index >= 15 is 0 Å². The number of rotatable bonds is 9. The molecular weight excluding hydrogens is 408 g/mol. The van der Waals surface area contributed by atoms with Crippen LogP contribution in [0, 0.1) is 0 Å². The minimum atomic E-state index is -3.20. The van der Waals surface area contributed by atoms with Crippen molar-refractivity contribution in [3.8, 4) is 0 Å². The number of carbonyl (C=O) groups is 1. The first-order valence-electron chi connectivity index (χ1n) is 9.72. The highest BCUT2D eigenvalue weighted by molar-refractivity contribution is 7.88. The summed E-state index contributed by atoms with van der Waals surface area (Å²) in [6.07, 6.45) is 6.40. The summed E-state index contributed by atoms with van der Waals surface area (Å²) < 4.78 is 30.2. The van der Waals surface area contributed by atoms with Crippen LogP contribution >= 0.6 is 0 Å². The maximum Gasteiger partial charge on any atom is 0.272 e. The zero-order valence-corrected chi connectivity index (χ0v) is 17.9. The molecular formula is C19H26N6O4S. The number of fused-ring (bicyclic) bond motifs is 1. The Bertz CT molecular complexity index is 984. The van der Waals surface area contributed by atoms with E-state index in [0.717, 1.165) is 11.3 Å². The van der Waals surface area contributed by atoms with E-state index in [4.69, 9.17) is 4.74 Å². The van der Waals surface area contributed by atoms with Gasteiger partial charge in [-0.05, 0) is 12.5 Å². The summed E-state index contributed by atoms with van der Waals surface area (Å²) in [5.74, 6) is 0.0796. The number of nitrogens with one attached hydrogen (secondary N) is 2. The number of carbonyl (C=O) groups excluding carboxylic acids is 1. The van der Waals surface area contributed by atoms with Gasteiger partial charge in [-0.2, -0.15) is 0 Å². The highest BCUT2D eigenvalue weighted by Gasteiger charge is 2.24. The molecule has 0 radical (unpaired) electrons. The van der Waals surface area contributed by atoms with E-state index in [1.807, 2.05) is 12.1 Å². The average Bonchev–Trinajstić information content (AvgIpc) is 2.73. The predicted molar refractivity (Wildman–Crippen MR) is 111 cm³/mol. The summed E-state index contributed by atoms with van der Waals surface area (Å²) >= 11 is 0. The molecule has 162 valence electrons. The van der Waals surface area contributed by atoms with Gasteiger partial charge in [0.2, 0.25) is 10.0 Å². The van der Waals surface area contributed by atoms with Crippen molar-refractivity contribution in [2.24, 2.45) is 0 Å². The molecule has 0 bridgehead atoms. The lowest BCUT2D eigenvalue weighted by atomic mass is 10.1. The molecule has 3 heterocycles. The second kappa shape index (κ2) is 9.92. The summed E-state index contributed by atoms with van der Waals surface area (Å²) in [6, 6.07) is 3.41. The van der Waals surface area contributed by atoms with Crippen molar-refractivity contribution in [3.63, 3.8) is 0 Å². The molecule has 3 rings (SSSR count). The van der Waals surface area contributed by atoms with E-state index in [-0.39, 0.29) is 17.6 Å².